The van der Waals surface area contributed by atoms with Crippen molar-refractivity contribution in [2.24, 2.45) is 5.92 Å². The number of amides is 2. The van der Waals surface area contributed by atoms with Gasteiger partial charge in [-0.3, -0.25) is 14.5 Å². The fourth-order valence-electron chi connectivity index (χ4n) is 3.57. The molecule has 2 rings (SSSR count). The SMILES string of the molecule is CN(CCC#N)C(=O)CN1CCC(C(=O)NC2CCCCC2)CC1. The summed E-state index contributed by atoms with van der Waals surface area (Å²) in [5, 5.41) is 11.8. The standard InChI is InChI=1S/C18H30N4O2/c1-21(11-5-10-19)17(23)14-22-12-8-15(9-13-22)18(24)20-16-6-3-2-4-7-16/h15-16H,2-9,11-14H2,1H3,(H,20,24). The van der Waals surface area contributed by atoms with Crippen molar-refractivity contribution in [1.82, 2.24) is 15.1 Å². The zero-order valence-corrected chi connectivity index (χ0v) is 14.8. The van der Waals surface area contributed by atoms with E-state index in [1.165, 1.54) is 19.3 Å². The molecule has 0 aromatic heterocycles. The van der Waals surface area contributed by atoms with E-state index in [4.69, 9.17) is 5.26 Å². The summed E-state index contributed by atoms with van der Waals surface area (Å²) in [6.07, 6.45) is 8.01. The third-order valence-electron chi connectivity index (χ3n) is 5.25. The van der Waals surface area contributed by atoms with Gasteiger partial charge in [-0.05, 0) is 38.8 Å². The Kier molecular flexibility index (Phi) is 7.51. The van der Waals surface area contributed by atoms with Crippen LogP contribution in [0.4, 0.5) is 0 Å². The van der Waals surface area contributed by atoms with E-state index >= 15 is 0 Å². The first-order valence-electron chi connectivity index (χ1n) is 9.24. The Morgan fingerprint density at radius 1 is 1.17 bits per heavy atom. The van der Waals surface area contributed by atoms with Crippen LogP contribution in [0.5, 0.6) is 0 Å². The Morgan fingerprint density at radius 3 is 2.46 bits per heavy atom. The van der Waals surface area contributed by atoms with Crippen molar-refractivity contribution in [3.8, 4) is 6.07 Å². The number of carbonyl (C=O) groups is 2. The highest BCUT2D eigenvalue weighted by atomic mass is 16.2. The summed E-state index contributed by atoms with van der Waals surface area (Å²) in [6.45, 7) is 2.45. The fourth-order valence-corrected chi connectivity index (χ4v) is 3.57. The van der Waals surface area contributed by atoms with E-state index in [0.29, 0.717) is 25.6 Å². The average molecular weight is 334 g/mol. The van der Waals surface area contributed by atoms with E-state index in [1.54, 1.807) is 11.9 Å². The van der Waals surface area contributed by atoms with Crippen LogP contribution >= 0.6 is 0 Å². The molecule has 6 nitrogen and oxygen atoms in total. The molecule has 0 aromatic rings. The van der Waals surface area contributed by atoms with Gasteiger partial charge in [-0.15, -0.1) is 0 Å². The number of hydrogen-bond acceptors (Lipinski definition) is 4. The summed E-state index contributed by atoms with van der Waals surface area (Å²) in [5.41, 5.74) is 0. The molecule has 6 heteroatoms. The Labute approximate surface area is 145 Å². The van der Waals surface area contributed by atoms with Gasteiger partial charge in [0.15, 0.2) is 0 Å². The lowest BCUT2D eigenvalue weighted by molar-refractivity contribution is -0.131. The maximum Gasteiger partial charge on any atom is 0.236 e. The van der Waals surface area contributed by atoms with Crippen LogP contribution in [0.25, 0.3) is 0 Å². The second kappa shape index (κ2) is 9.63. The lowest BCUT2D eigenvalue weighted by Crippen LogP contribution is -2.46. The molecular weight excluding hydrogens is 304 g/mol. The molecule has 1 aliphatic heterocycles. The maximum absolute atomic E-state index is 12.4. The smallest absolute Gasteiger partial charge is 0.236 e. The Balaban J connectivity index is 1.68. The molecule has 0 atom stereocenters. The molecule has 1 saturated heterocycles. The predicted molar refractivity (Wildman–Crippen MR) is 92.0 cm³/mol. The first-order chi connectivity index (χ1) is 11.6. The van der Waals surface area contributed by atoms with Gasteiger partial charge in [0.2, 0.25) is 11.8 Å². The molecule has 2 aliphatic rings. The maximum atomic E-state index is 12.4. The van der Waals surface area contributed by atoms with E-state index < -0.39 is 0 Å². The van der Waals surface area contributed by atoms with Crippen LogP contribution in [-0.4, -0.2) is 60.9 Å². The molecule has 1 N–H and O–H groups in total. The number of hydrogen-bond donors (Lipinski definition) is 1. The Bertz CT molecular complexity index is 460. The van der Waals surface area contributed by atoms with Crippen LogP contribution in [-0.2, 0) is 9.59 Å². The van der Waals surface area contributed by atoms with Gasteiger partial charge in [0.05, 0.1) is 19.0 Å². The van der Waals surface area contributed by atoms with E-state index in [-0.39, 0.29) is 17.7 Å². The van der Waals surface area contributed by atoms with Crippen LogP contribution in [0.15, 0.2) is 0 Å². The second-order valence-electron chi connectivity index (χ2n) is 7.12. The number of nitrogens with zero attached hydrogens (tertiary/aromatic N) is 3. The third kappa shape index (κ3) is 5.79. The van der Waals surface area contributed by atoms with E-state index in [9.17, 15) is 9.59 Å². The fraction of sp³-hybridized carbons (Fsp3) is 0.833. The summed E-state index contributed by atoms with van der Waals surface area (Å²) in [4.78, 5) is 28.2. The zero-order chi connectivity index (χ0) is 17.4. The number of likely N-dealkylation sites (N-methyl/N-ethyl adjacent to an activating group) is 1. The van der Waals surface area contributed by atoms with Gasteiger partial charge in [-0.1, -0.05) is 19.3 Å². The lowest BCUT2D eigenvalue weighted by atomic mass is 9.92. The van der Waals surface area contributed by atoms with Crippen molar-refractivity contribution in [2.75, 3.05) is 33.2 Å². The number of carbonyl (C=O) groups excluding carboxylic acids is 2. The Morgan fingerprint density at radius 2 is 1.83 bits per heavy atom. The van der Waals surface area contributed by atoms with Gasteiger partial charge in [-0.25, -0.2) is 0 Å². The summed E-state index contributed by atoms with van der Waals surface area (Å²) in [6, 6.07) is 2.43. The largest absolute Gasteiger partial charge is 0.353 e. The monoisotopic (exact) mass is 334 g/mol. The van der Waals surface area contributed by atoms with Crippen LogP contribution in [0, 0.1) is 17.2 Å². The highest BCUT2D eigenvalue weighted by molar-refractivity contribution is 5.79. The van der Waals surface area contributed by atoms with Crippen LogP contribution in [0.1, 0.15) is 51.4 Å². The topological polar surface area (TPSA) is 76.4 Å². The number of likely N-dealkylation sites (tertiary alicyclic amines) is 1. The zero-order valence-electron chi connectivity index (χ0n) is 14.8. The molecule has 0 aromatic carbocycles. The van der Waals surface area contributed by atoms with Gasteiger partial charge in [0, 0.05) is 25.6 Å². The lowest BCUT2D eigenvalue weighted by Gasteiger charge is -2.33. The first kappa shape index (κ1) is 18.7. The molecule has 0 unspecified atom stereocenters. The molecule has 2 fully saturated rings. The van der Waals surface area contributed by atoms with Crippen molar-refractivity contribution in [2.45, 2.75) is 57.4 Å². The van der Waals surface area contributed by atoms with E-state index in [0.717, 1.165) is 38.8 Å². The molecule has 1 saturated carbocycles. The molecule has 1 heterocycles. The van der Waals surface area contributed by atoms with Gasteiger partial charge >= 0.3 is 0 Å². The quantitative estimate of drug-likeness (QED) is 0.799. The first-order valence-corrected chi connectivity index (χ1v) is 9.24. The number of rotatable bonds is 6. The van der Waals surface area contributed by atoms with Crippen LogP contribution in [0.2, 0.25) is 0 Å². The van der Waals surface area contributed by atoms with E-state index in [2.05, 4.69) is 16.3 Å². The minimum absolute atomic E-state index is 0.0513. The third-order valence-corrected chi connectivity index (χ3v) is 5.25. The van der Waals surface area contributed by atoms with E-state index in [1.807, 2.05) is 0 Å². The highest BCUT2D eigenvalue weighted by Gasteiger charge is 2.28. The van der Waals surface area contributed by atoms with Crippen molar-refractivity contribution in [3.63, 3.8) is 0 Å². The van der Waals surface area contributed by atoms with Crippen LogP contribution < -0.4 is 5.32 Å². The predicted octanol–water partition coefficient (Wildman–Crippen LogP) is 1.52. The highest BCUT2D eigenvalue weighted by Crippen LogP contribution is 2.21. The van der Waals surface area contributed by atoms with Crippen LogP contribution in [0.3, 0.4) is 0 Å². The molecule has 1 aliphatic carbocycles. The summed E-state index contributed by atoms with van der Waals surface area (Å²) < 4.78 is 0. The molecule has 134 valence electrons. The van der Waals surface area contributed by atoms with Crippen molar-refractivity contribution in [3.05, 3.63) is 0 Å². The summed E-state index contributed by atoms with van der Waals surface area (Å²) in [7, 11) is 1.74. The van der Waals surface area contributed by atoms with Gasteiger partial charge in [0.25, 0.3) is 0 Å². The Hall–Kier alpha value is -1.61. The number of piperidine rings is 1. The van der Waals surface area contributed by atoms with Crippen molar-refractivity contribution >= 4 is 11.8 Å². The van der Waals surface area contributed by atoms with Gasteiger partial charge < -0.3 is 10.2 Å². The number of nitrogens with one attached hydrogen (secondary N) is 1. The molecule has 24 heavy (non-hydrogen) atoms. The molecule has 2 amide bonds. The molecular formula is C18H30N4O2. The molecule has 0 spiro atoms. The van der Waals surface area contributed by atoms with Crippen molar-refractivity contribution in [1.29, 1.82) is 5.26 Å². The summed E-state index contributed by atoms with van der Waals surface area (Å²) in [5.74, 6) is 0.351. The average Bonchev–Trinajstić information content (AvgIpc) is 2.61. The normalized spacial score (nSPS) is 20.3. The molecule has 0 bridgehead atoms. The minimum atomic E-state index is 0.0513. The minimum Gasteiger partial charge on any atom is -0.353 e. The van der Waals surface area contributed by atoms with Gasteiger partial charge in [-0.2, -0.15) is 5.26 Å². The summed E-state index contributed by atoms with van der Waals surface area (Å²) >= 11 is 0. The number of nitriles is 1. The van der Waals surface area contributed by atoms with Gasteiger partial charge in [0.1, 0.15) is 0 Å². The second-order valence-corrected chi connectivity index (χ2v) is 7.12. The van der Waals surface area contributed by atoms with Crippen molar-refractivity contribution < 1.29 is 9.59 Å². The molecule has 0 radical (unpaired) electrons.